The van der Waals surface area contributed by atoms with Gasteiger partial charge in [-0.3, -0.25) is 9.59 Å². The molecule has 0 saturated heterocycles. The van der Waals surface area contributed by atoms with Crippen molar-refractivity contribution in [2.24, 2.45) is 0 Å². The van der Waals surface area contributed by atoms with Gasteiger partial charge in [-0.1, -0.05) is 18.2 Å². The summed E-state index contributed by atoms with van der Waals surface area (Å²) in [6.45, 7) is 8.17. The molecule has 0 aliphatic heterocycles. The van der Waals surface area contributed by atoms with E-state index in [0.717, 1.165) is 33.2 Å². The second kappa shape index (κ2) is 8.67. The quantitative estimate of drug-likeness (QED) is 0.700. The second-order valence-corrected chi connectivity index (χ2v) is 6.79. The number of furan rings is 1. The van der Waals surface area contributed by atoms with Gasteiger partial charge in [0.1, 0.15) is 12.3 Å². The molecule has 2 atom stereocenters. The molecule has 0 aliphatic carbocycles. The molecule has 6 nitrogen and oxygen atoms in total. The molecule has 2 amide bonds. The van der Waals surface area contributed by atoms with Gasteiger partial charge in [0.15, 0.2) is 11.8 Å². The van der Waals surface area contributed by atoms with Crippen LogP contribution in [0.4, 0.5) is 5.69 Å². The molecule has 26 heavy (non-hydrogen) atoms. The average Bonchev–Trinajstić information content (AvgIpc) is 3.00. The van der Waals surface area contributed by atoms with Gasteiger partial charge in [0.05, 0.1) is 13.6 Å². The van der Waals surface area contributed by atoms with E-state index >= 15 is 0 Å². The van der Waals surface area contributed by atoms with Crippen LogP contribution in [0.1, 0.15) is 29.6 Å². The molecule has 1 heterocycles. The first-order valence-corrected chi connectivity index (χ1v) is 8.79. The highest BCUT2D eigenvalue weighted by Crippen LogP contribution is 2.18. The fourth-order valence-corrected chi connectivity index (χ4v) is 2.75. The molecule has 1 aromatic heterocycles. The third kappa shape index (κ3) is 5.20. The Morgan fingerprint density at radius 1 is 1.12 bits per heavy atom. The van der Waals surface area contributed by atoms with Gasteiger partial charge in [-0.25, -0.2) is 0 Å². The first-order chi connectivity index (χ1) is 12.3. The average molecular weight is 358 g/mol. The number of nitrogens with one attached hydrogen (secondary N) is 3. The number of anilines is 1. The lowest BCUT2D eigenvalue weighted by Crippen LogP contribution is -3.12. The van der Waals surface area contributed by atoms with Crippen LogP contribution < -0.4 is 15.5 Å². The Morgan fingerprint density at radius 2 is 1.77 bits per heavy atom. The van der Waals surface area contributed by atoms with Gasteiger partial charge in [-0.15, -0.1) is 0 Å². The summed E-state index contributed by atoms with van der Waals surface area (Å²) in [6, 6.07) is 9.36. The highest BCUT2D eigenvalue weighted by Gasteiger charge is 2.23. The van der Waals surface area contributed by atoms with Gasteiger partial charge >= 0.3 is 0 Å². The van der Waals surface area contributed by atoms with Crippen molar-refractivity contribution < 1.29 is 18.9 Å². The number of hydrogen-bond acceptors (Lipinski definition) is 3. The predicted molar refractivity (Wildman–Crippen MR) is 101 cm³/mol. The number of aryl methyl sites for hydroxylation is 3. The van der Waals surface area contributed by atoms with Gasteiger partial charge in [-0.05, 0) is 51.0 Å². The monoisotopic (exact) mass is 358 g/mol. The van der Waals surface area contributed by atoms with E-state index in [4.69, 9.17) is 4.42 Å². The van der Waals surface area contributed by atoms with Crippen molar-refractivity contribution in [3.05, 3.63) is 53.0 Å². The van der Waals surface area contributed by atoms with Crippen LogP contribution in [-0.4, -0.2) is 31.4 Å². The Morgan fingerprint density at radius 3 is 2.35 bits per heavy atom. The number of benzene rings is 1. The standard InChI is InChI=1S/C20H27N3O3/c1-13-7-6-8-14(2)19(13)22-18(24)11-21-20(25)16(4)23(5)12-17-10-9-15(3)26-17/h6-10,16H,11-12H2,1-5H3,(H,21,25)(H,22,24)/p+1/t16-/m0/s1. The molecule has 2 rings (SSSR count). The second-order valence-electron chi connectivity index (χ2n) is 6.79. The van der Waals surface area contributed by atoms with E-state index < -0.39 is 0 Å². The number of rotatable bonds is 7. The molecule has 0 saturated carbocycles. The number of carbonyl (C=O) groups is 2. The van der Waals surface area contributed by atoms with E-state index in [-0.39, 0.29) is 24.4 Å². The summed E-state index contributed by atoms with van der Waals surface area (Å²) in [6.07, 6.45) is 0. The largest absolute Gasteiger partial charge is 0.460 e. The molecule has 0 aliphatic rings. The van der Waals surface area contributed by atoms with Crippen molar-refractivity contribution >= 4 is 17.5 Å². The van der Waals surface area contributed by atoms with Crippen molar-refractivity contribution in [2.75, 3.05) is 18.9 Å². The molecule has 6 heteroatoms. The maximum absolute atomic E-state index is 12.3. The van der Waals surface area contributed by atoms with Crippen LogP contribution in [0.15, 0.2) is 34.7 Å². The molecule has 2 aromatic rings. The number of hydrogen-bond donors (Lipinski definition) is 3. The summed E-state index contributed by atoms with van der Waals surface area (Å²) < 4.78 is 5.55. The van der Waals surface area contributed by atoms with E-state index in [1.165, 1.54) is 0 Å². The maximum Gasteiger partial charge on any atom is 0.278 e. The van der Waals surface area contributed by atoms with Crippen LogP contribution in [0, 0.1) is 20.8 Å². The van der Waals surface area contributed by atoms with Crippen LogP contribution in [0.2, 0.25) is 0 Å². The summed E-state index contributed by atoms with van der Waals surface area (Å²) >= 11 is 0. The minimum Gasteiger partial charge on any atom is -0.460 e. The van der Waals surface area contributed by atoms with E-state index in [2.05, 4.69) is 10.6 Å². The van der Waals surface area contributed by atoms with Gasteiger partial charge in [-0.2, -0.15) is 0 Å². The van der Waals surface area contributed by atoms with E-state index in [9.17, 15) is 9.59 Å². The van der Waals surface area contributed by atoms with Gasteiger partial charge in [0.25, 0.3) is 5.91 Å². The Balaban J connectivity index is 1.84. The highest BCUT2D eigenvalue weighted by atomic mass is 16.3. The van der Waals surface area contributed by atoms with Crippen LogP contribution in [0.5, 0.6) is 0 Å². The SMILES string of the molecule is Cc1ccc(C[NH+](C)[C@@H](C)C(=O)NCC(=O)Nc2c(C)cccc2C)o1. The molecular weight excluding hydrogens is 330 g/mol. The molecular formula is C20H28N3O3+. The van der Waals surface area contributed by atoms with E-state index in [0.29, 0.717) is 6.54 Å². The fourth-order valence-electron chi connectivity index (χ4n) is 2.75. The summed E-state index contributed by atoms with van der Waals surface area (Å²) in [5, 5.41) is 5.58. The smallest absolute Gasteiger partial charge is 0.278 e. The summed E-state index contributed by atoms with van der Waals surface area (Å²) in [7, 11) is 1.93. The summed E-state index contributed by atoms with van der Waals surface area (Å²) in [4.78, 5) is 25.5. The Bertz CT molecular complexity index is 762. The molecule has 0 radical (unpaired) electrons. The zero-order valence-corrected chi connectivity index (χ0v) is 16.1. The van der Waals surface area contributed by atoms with Crippen molar-refractivity contribution in [3.8, 4) is 0 Å². The van der Waals surface area contributed by atoms with Crippen molar-refractivity contribution in [3.63, 3.8) is 0 Å². The third-order valence-corrected chi connectivity index (χ3v) is 4.55. The number of carbonyl (C=O) groups excluding carboxylic acids is 2. The first kappa shape index (κ1) is 19.7. The number of para-hydroxylation sites is 1. The summed E-state index contributed by atoms with van der Waals surface area (Å²) in [5.41, 5.74) is 2.79. The minimum atomic E-state index is -0.298. The molecule has 0 fully saturated rings. The fraction of sp³-hybridized carbons (Fsp3) is 0.400. The molecule has 1 aromatic carbocycles. The number of likely N-dealkylation sites (N-methyl/N-ethyl adjacent to an activating group) is 1. The molecule has 1 unspecified atom stereocenters. The number of amides is 2. The number of quaternary nitrogens is 1. The normalized spacial score (nSPS) is 13.1. The van der Waals surface area contributed by atoms with Crippen molar-refractivity contribution in [2.45, 2.75) is 40.3 Å². The maximum atomic E-state index is 12.3. The zero-order chi connectivity index (χ0) is 19.3. The molecule has 3 N–H and O–H groups in total. The van der Waals surface area contributed by atoms with Crippen molar-refractivity contribution in [1.82, 2.24) is 5.32 Å². The minimum absolute atomic E-state index is 0.0515. The first-order valence-electron chi connectivity index (χ1n) is 8.79. The van der Waals surface area contributed by atoms with E-state index in [1.807, 2.05) is 65.1 Å². The van der Waals surface area contributed by atoms with Gasteiger partial charge in [0, 0.05) is 5.69 Å². The van der Waals surface area contributed by atoms with Crippen LogP contribution >= 0.6 is 0 Å². The molecule has 0 spiro atoms. The Kier molecular flexibility index (Phi) is 6.58. The Hall–Kier alpha value is -2.60. The lowest BCUT2D eigenvalue weighted by molar-refractivity contribution is -0.909. The van der Waals surface area contributed by atoms with E-state index in [1.54, 1.807) is 0 Å². The topological polar surface area (TPSA) is 75.8 Å². The predicted octanol–water partition coefficient (Wildman–Crippen LogP) is 1.36. The highest BCUT2D eigenvalue weighted by molar-refractivity contribution is 5.96. The lowest BCUT2D eigenvalue weighted by atomic mass is 10.1. The van der Waals surface area contributed by atoms with Crippen LogP contribution in [-0.2, 0) is 16.1 Å². The molecule has 140 valence electrons. The zero-order valence-electron chi connectivity index (χ0n) is 16.1. The third-order valence-electron chi connectivity index (χ3n) is 4.55. The molecule has 0 bridgehead atoms. The lowest BCUT2D eigenvalue weighted by Gasteiger charge is -2.20. The van der Waals surface area contributed by atoms with Gasteiger partial charge in [0.2, 0.25) is 5.91 Å². The Labute approximate surface area is 154 Å². The summed E-state index contributed by atoms with van der Waals surface area (Å²) in [5.74, 6) is 1.30. The van der Waals surface area contributed by atoms with Gasteiger partial charge < -0.3 is 20.0 Å². The van der Waals surface area contributed by atoms with Crippen molar-refractivity contribution in [1.29, 1.82) is 0 Å². The van der Waals surface area contributed by atoms with Crippen LogP contribution in [0.25, 0.3) is 0 Å². The van der Waals surface area contributed by atoms with Crippen LogP contribution in [0.3, 0.4) is 0 Å².